The first-order valence-corrected chi connectivity index (χ1v) is 4.26. The van der Waals surface area contributed by atoms with Crippen LogP contribution in [0.2, 0.25) is 5.02 Å². The third kappa shape index (κ3) is 2.40. The minimum absolute atomic E-state index is 0.124. The van der Waals surface area contributed by atoms with Crippen LogP contribution in [0.25, 0.3) is 0 Å². The summed E-state index contributed by atoms with van der Waals surface area (Å²) >= 11 is 5.57. The number of pyridine rings is 1. The molecule has 0 aliphatic rings. The van der Waals surface area contributed by atoms with Crippen LogP contribution in [0.15, 0.2) is 6.07 Å². The first-order chi connectivity index (χ1) is 6.97. The molecule has 0 aliphatic heterocycles. The summed E-state index contributed by atoms with van der Waals surface area (Å²) in [6.45, 7) is -0.124. The summed E-state index contributed by atoms with van der Waals surface area (Å²) in [5, 5.41) is 8.33. The maximum atomic E-state index is 12.4. The normalized spacial score (nSPS) is 10.7. The number of carbonyl (C=O) groups is 1. The number of aromatic nitrogens is 1. The van der Waals surface area contributed by atoms with Gasteiger partial charge in [0.2, 0.25) is 0 Å². The SMILES string of the molecule is NCc1cc(C(=O)O)nc(C(F)F)c1Cl. The van der Waals surface area contributed by atoms with Crippen molar-refractivity contribution in [3.63, 3.8) is 0 Å². The van der Waals surface area contributed by atoms with E-state index in [1.807, 2.05) is 0 Å². The second-order valence-corrected chi connectivity index (χ2v) is 3.05. The van der Waals surface area contributed by atoms with Crippen LogP contribution >= 0.6 is 11.6 Å². The zero-order valence-electron chi connectivity index (χ0n) is 7.38. The third-order valence-corrected chi connectivity index (χ3v) is 2.14. The molecule has 0 radical (unpaired) electrons. The van der Waals surface area contributed by atoms with Crippen molar-refractivity contribution in [3.05, 3.63) is 28.0 Å². The lowest BCUT2D eigenvalue weighted by Gasteiger charge is -2.08. The molecule has 0 amide bonds. The first kappa shape index (κ1) is 11.8. The van der Waals surface area contributed by atoms with Crippen molar-refractivity contribution < 1.29 is 18.7 Å². The van der Waals surface area contributed by atoms with E-state index in [0.717, 1.165) is 6.07 Å². The van der Waals surface area contributed by atoms with Crippen molar-refractivity contribution in [3.8, 4) is 0 Å². The Hall–Kier alpha value is -1.27. The molecular weight excluding hydrogens is 230 g/mol. The summed E-state index contributed by atoms with van der Waals surface area (Å²) in [4.78, 5) is 13.8. The molecular formula is C8H7ClF2N2O2. The fourth-order valence-electron chi connectivity index (χ4n) is 1.01. The lowest BCUT2D eigenvalue weighted by Crippen LogP contribution is -2.09. The average molecular weight is 237 g/mol. The number of alkyl halides is 2. The Labute approximate surface area is 88.7 Å². The molecule has 0 spiro atoms. The Bertz CT molecular complexity index is 398. The van der Waals surface area contributed by atoms with Gasteiger partial charge in [-0.1, -0.05) is 11.6 Å². The number of rotatable bonds is 3. The van der Waals surface area contributed by atoms with Crippen LogP contribution in [0.4, 0.5) is 8.78 Å². The second-order valence-electron chi connectivity index (χ2n) is 2.68. The standard InChI is InChI=1S/C8H7ClF2N2O2/c9-5-3(2-12)1-4(8(14)15)13-6(5)7(10)11/h1,7H,2,12H2,(H,14,15). The second kappa shape index (κ2) is 4.50. The number of hydrogen-bond acceptors (Lipinski definition) is 3. The smallest absolute Gasteiger partial charge is 0.354 e. The number of nitrogens with zero attached hydrogens (tertiary/aromatic N) is 1. The molecule has 0 aromatic carbocycles. The molecule has 7 heteroatoms. The molecule has 0 fully saturated rings. The Kier molecular flexibility index (Phi) is 3.54. The number of carboxylic acid groups (broad SMARTS) is 1. The largest absolute Gasteiger partial charge is 0.477 e. The minimum Gasteiger partial charge on any atom is -0.477 e. The number of halogens is 3. The topological polar surface area (TPSA) is 76.2 Å². The number of carboxylic acids is 1. The molecule has 0 aliphatic carbocycles. The molecule has 4 nitrogen and oxygen atoms in total. The fraction of sp³-hybridized carbons (Fsp3) is 0.250. The summed E-state index contributed by atoms with van der Waals surface area (Å²) in [5.74, 6) is -1.40. The van der Waals surface area contributed by atoms with Gasteiger partial charge in [0.1, 0.15) is 11.4 Å². The lowest BCUT2D eigenvalue weighted by molar-refractivity contribution is 0.0688. The number of aromatic carboxylic acids is 1. The molecule has 1 aromatic heterocycles. The van der Waals surface area contributed by atoms with Gasteiger partial charge in [0.15, 0.2) is 0 Å². The zero-order chi connectivity index (χ0) is 11.6. The first-order valence-electron chi connectivity index (χ1n) is 3.88. The van der Waals surface area contributed by atoms with E-state index < -0.39 is 23.8 Å². The lowest BCUT2D eigenvalue weighted by atomic mass is 10.2. The summed E-state index contributed by atoms with van der Waals surface area (Å²) in [6.07, 6.45) is -2.93. The molecule has 0 saturated carbocycles. The van der Waals surface area contributed by atoms with Gasteiger partial charge < -0.3 is 10.8 Å². The van der Waals surface area contributed by atoms with Crippen LogP contribution in [-0.2, 0) is 6.54 Å². The molecule has 0 saturated heterocycles. The molecule has 3 N–H and O–H groups in total. The van der Waals surface area contributed by atoms with Gasteiger partial charge in [-0.15, -0.1) is 0 Å². The molecule has 1 rings (SSSR count). The van der Waals surface area contributed by atoms with Crippen LogP contribution in [0.3, 0.4) is 0 Å². The molecule has 82 valence electrons. The Morgan fingerprint density at radius 2 is 2.27 bits per heavy atom. The molecule has 15 heavy (non-hydrogen) atoms. The summed E-state index contributed by atoms with van der Waals surface area (Å²) < 4.78 is 24.8. The van der Waals surface area contributed by atoms with Gasteiger partial charge in [-0.25, -0.2) is 18.6 Å². The predicted molar refractivity (Wildman–Crippen MR) is 49.1 cm³/mol. The van der Waals surface area contributed by atoms with Crippen molar-refractivity contribution in [1.82, 2.24) is 4.98 Å². The van der Waals surface area contributed by atoms with E-state index in [9.17, 15) is 13.6 Å². The van der Waals surface area contributed by atoms with Gasteiger partial charge in [0.25, 0.3) is 6.43 Å². The van der Waals surface area contributed by atoms with E-state index in [2.05, 4.69) is 4.98 Å². The Morgan fingerprint density at radius 1 is 1.67 bits per heavy atom. The number of hydrogen-bond donors (Lipinski definition) is 2. The van der Waals surface area contributed by atoms with Gasteiger partial charge in [0.05, 0.1) is 5.02 Å². The van der Waals surface area contributed by atoms with Crippen molar-refractivity contribution in [2.75, 3.05) is 0 Å². The van der Waals surface area contributed by atoms with E-state index >= 15 is 0 Å². The summed E-state index contributed by atoms with van der Waals surface area (Å²) in [7, 11) is 0. The quantitative estimate of drug-likeness (QED) is 0.839. The minimum atomic E-state index is -2.93. The molecule has 0 bridgehead atoms. The summed E-state index contributed by atoms with van der Waals surface area (Å²) in [5.41, 5.74) is 4.13. The van der Waals surface area contributed by atoms with Gasteiger partial charge in [-0.05, 0) is 11.6 Å². The van der Waals surface area contributed by atoms with E-state index in [-0.39, 0.29) is 17.1 Å². The monoisotopic (exact) mass is 236 g/mol. The van der Waals surface area contributed by atoms with Gasteiger partial charge in [-0.2, -0.15) is 0 Å². The molecule has 0 atom stereocenters. The van der Waals surface area contributed by atoms with Gasteiger partial charge >= 0.3 is 5.97 Å². The fourth-order valence-corrected chi connectivity index (χ4v) is 1.26. The number of nitrogens with two attached hydrogens (primary N) is 1. The van der Waals surface area contributed by atoms with Crippen molar-refractivity contribution in [2.24, 2.45) is 5.73 Å². The highest BCUT2D eigenvalue weighted by Crippen LogP contribution is 2.28. The van der Waals surface area contributed by atoms with Crippen LogP contribution in [0.5, 0.6) is 0 Å². The molecule has 1 heterocycles. The van der Waals surface area contributed by atoms with Crippen molar-refractivity contribution >= 4 is 17.6 Å². The van der Waals surface area contributed by atoms with Crippen LogP contribution in [0.1, 0.15) is 28.2 Å². The van der Waals surface area contributed by atoms with E-state index in [1.54, 1.807) is 0 Å². The highest BCUT2D eigenvalue weighted by atomic mass is 35.5. The summed E-state index contributed by atoms with van der Waals surface area (Å²) in [6, 6.07) is 1.08. The highest BCUT2D eigenvalue weighted by molar-refractivity contribution is 6.32. The maximum absolute atomic E-state index is 12.4. The van der Waals surface area contributed by atoms with E-state index in [0.29, 0.717) is 0 Å². The molecule has 1 aromatic rings. The van der Waals surface area contributed by atoms with Crippen LogP contribution in [-0.4, -0.2) is 16.1 Å². The average Bonchev–Trinajstić information content (AvgIpc) is 2.17. The van der Waals surface area contributed by atoms with Gasteiger partial charge in [-0.3, -0.25) is 0 Å². The predicted octanol–water partition coefficient (Wildman–Crippen LogP) is 1.83. The van der Waals surface area contributed by atoms with Crippen LogP contribution in [0, 0.1) is 0 Å². The van der Waals surface area contributed by atoms with Crippen LogP contribution < -0.4 is 5.73 Å². The van der Waals surface area contributed by atoms with Crippen molar-refractivity contribution in [1.29, 1.82) is 0 Å². The third-order valence-electron chi connectivity index (χ3n) is 1.70. The van der Waals surface area contributed by atoms with Gasteiger partial charge in [0, 0.05) is 6.54 Å². The van der Waals surface area contributed by atoms with E-state index in [1.165, 1.54) is 0 Å². The van der Waals surface area contributed by atoms with E-state index in [4.69, 9.17) is 22.4 Å². The Morgan fingerprint density at radius 3 is 2.67 bits per heavy atom. The highest BCUT2D eigenvalue weighted by Gasteiger charge is 2.20. The van der Waals surface area contributed by atoms with Crippen molar-refractivity contribution in [2.45, 2.75) is 13.0 Å². The zero-order valence-corrected chi connectivity index (χ0v) is 8.13. The Balaban J connectivity index is 3.38. The maximum Gasteiger partial charge on any atom is 0.354 e. The molecule has 0 unspecified atom stereocenters.